The van der Waals surface area contributed by atoms with Gasteiger partial charge in [-0.25, -0.2) is 19.9 Å². The minimum Gasteiger partial charge on any atom is -0.368 e. The monoisotopic (exact) mass is 706 g/mol. The number of aromatic nitrogens is 8. The van der Waals surface area contributed by atoms with Crippen LogP contribution in [0.3, 0.4) is 0 Å². The Morgan fingerprint density at radius 2 is 1.17 bits per heavy atom. The summed E-state index contributed by atoms with van der Waals surface area (Å²) in [6.07, 6.45) is 11.1. The lowest BCUT2D eigenvalue weighted by Gasteiger charge is -2.29. The Labute approximate surface area is 303 Å². The minimum absolute atomic E-state index is 0.0832. The van der Waals surface area contributed by atoms with Crippen molar-refractivity contribution < 1.29 is 0 Å². The molecule has 10 heterocycles. The fourth-order valence-electron chi connectivity index (χ4n) is 7.07. The molecule has 0 unspecified atom stereocenters. The number of hydrogen-bond donors (Lipinski definition) is 3. The van der Waals surface area contributed by atoms with Gasteiger partial charge in [0.2, 0.25) is 0 Å². The molecule has 266 valence electrons. The van der Waals surface area contributed by atoms with Gasteiger partial charge in [0.15, 0.2) is 0 Å². The van der Waals surface area contributed by atoms with Crippen molar-refractivity contribution in [1.82, 2.24) is 48.9 Å². The molecule has 53 heavy (non-hydrogen) atoms. The van der Waals surface area contributed by atoms with E-state index in [0.717, 1.165) is 96.9 Å². The predicted octanol–water partition coefficient (Wildman–Crippen LogP) is 3.31. The van der Waals surface area contributed by atoms with E-state index in [2.05, 4.69) is 40.4 Å². The van der Waals surface area contributed by atoms with E-state index in [0.29, 0.717) is 22.7 Å². The van der Waals surface area contributed by atoms with Crippen molar-refractivity contribution in [3.63, 3.8) is 0 Å². The molecule has 2 fully saturated rings. The molecule has 0 atom stereocenters. The highest BCUT2D eigenvalue weighted by atomic mass is 16.1. The first-order valence-electron chi connectivity index (χ1n) is 17.8. The number of nitrogens with zero attached hydrogens (tertiary/aromatic N) is 9. The Bertz CT molecular complexity index is 2730. The van der Waals surface area contributed by atoms with Crippen LogP contribution in [0.5, 0.6) is 0 Å². The molecule has 0 aliphatic carbocycles. The molecule has 0 saturated carbocycles. The number of nitrogens with one attached hydrogen (secondary N) is 3. The molecule has 10 rings (SSSR count). The van der Waals surface area contributed by atoms with Crippen LogP contribution in [0.15, 0.2) is 107 Å². The van der Waals surface area contributed by atoms with Gasteiger partial charge in [-0.2, -0.15) is 0 Å². The molecule has 2 aliphatic heterocycles. The summed E-state index contributed by atoms with van der Waals surface area (Å²) in [5.41, 5.74) is 7.92. The van der Waals surface area contributed by atoms with Crippen LogP contribution in [0.4, 0.5) is 11.4 Å². The zero-order valence-corrected chi connectivity index (χ0v) is 29.2. The molecule has 3 N–H and O–H groups in total. The van der Waals surface area contributed by atoms with Crippen molar-refractivity contribution >= 4 is 44.7 Å². The van der Waals surface area contributed by atoms with Crippen LogP contribution >= 0.6 is 0 Å². The van der Waals surface area contributed by atoms with E-state index in [-0.39, 0.29) is 11.1 Å². The Morgan fingerprint density at radius 1 is 0.623 bits per heavy atom. The first-order chi connectivity index (χ1) is 26.0. The normalized spacial score (nSPS) is 15.0. The van der Waals surface area contributed by atoms with Crippen LogP contribution < -0.4 is 31.6 Å². The Balaban J connectivity index is 0.000000141. The van der Waals surface area contributed by atoms with Crippen molar-refractivity contribution in [3.8, 4) is 22.5 Å². The molecule has 0 radical (unpaired) electrons. The largest absolute Gasteiger partial charge is 0.368 e. The molecular weight excluding hydrogens is 669 g/mol. The van der Waals surface area contributed by atoms with Crippen LogP contribution in [0, 0.1) is 0 Å². The van der Waals surface area contributed by atoms with Gasteiger partial charge in [0, 0.05) is 131 Å². The van der Waals surface area contributed by atoms with E-state index in [1.807, 2.05) is 84.9 Å². The summed E-state index contributed by atoms with van der Waals surface area (Å²) < 4.78 is 5.21. The van der Waals surface area contributed by atoms with Crippen LogP contribution in [0.2, 0.25) is 0 Å². The van der Waals surface area contributed by atoms with Crippen molar-refractivity contribution in [3.05, 3.63) is 119 Å². The molecule has 0 aromatic carbocycles. The third-order valence-corrected chi connectivity index (χ3v) is 9.95. The molecule has 0 spiro atoms. The maximum atomic E-state index is 12.7. The van der Waals surface area contributed by atoms with Gasteiger partial charge in [-0.15, -0.1) is 0 Å². The van der Waals surface area contributed by atoms with Crippen LogP contribution in [-0.2, 0) is 7.05 Å². The Hall–Kier alpha value is -6.38. The van der Waals surface area contributed by atoms with Crippen LogP contribution in [-0.4, -0.2) is 90.6 Å². The summed E-state index contributed by atoms with van der Waals surface area (Å²) in [6.45, 7) is 7.58. The lowest BCUT2D eigenvalue weighted by atomic mass is 10.1. The lowest BCUT2D eigenvalue weighted by molar-refractivity contribution is 0.588. The van der Waals surface area contributed by atoms with Gasteiger partial charge in [-0.1, -0.05) is 0 Å². The second-order valence-corrected chi connectivity index (χ2v) is 13.4. The smallest absolute Gasteiger partial charge is 0.258 e. The van der Waals surface area contributed by atoms with Crippen LogP contribution in [0.25, 0.3) is 55.9 Å². The molecule has 2 aliphatic rings. The van der Waals surface area contributed by atoms with E-state index in [1.165, 1.54) is 0 Å². The maximum absolute atomic E-state index is 12.7. The maximum Gasteiger partial charge on any atom is 0.258 e. The highest BCUT2D eigenvalue weighted by Crippen LogP contribution is 2.24. The number of aryl methyl sites for hydroxylation is 1. The first-order valence-corrected chi connectivity index (χ1v) is 17.8. The van der Waals surface area contributed by atoms with E-state index < -0.39 is 0 Å². The number of H-pyrrole nitrogens is 1. The number of fused-ring (bicyclic) bond motifs is 4. The van der Waals surface area contributed by atoms with Crippen molar-refractivity contribution in [2.75, 3.05) is 62.2 Å². The summed E-state index contributed by atoms with van der Waals surface area (Å²) >= 11 is 0. The summed E-state index contributed by atoms with van der Waals surface area (Å²) in [6, 6.07) is 19.0. The third kappa shape index (κ3) is 6.38. The summed E-state index contributed by atoms with van der Waals surface area (Å²) in [5, 5.41) is 8.71. The number of hydrogen-bond acceptors (Lipinski definition) is 10. The number of piperazine rings is 2. The molecule has 14 heteroatoms. The lowest BCUT2D eigenvalue weighted by Crippen LogP contribution is -2.43. The van der Waals surface area contributed by atoms with E-state index in [4.69, 9.17) is 4.98 Å². The average Bonchev–Trinajstić information content (AvgIpc) is 3.84. The highest BCUT2D eigenvalue weighted by molar-refractivity contribution is 5.82. The molecule has 2 saturated heterocycles. The molecule has 14 nitrogen and oxygen atoms in total. The van der Waals surface area contributed by atoms with Gasteiger partial charge in [0.05, 0.1) is 22.8 Å². The Morgan fingerprint density at radius 3 is 1.75 bits per heavy atom. The van der Waals surface area contributed by atoms with Gasteiger partial charge < -0.3 is 30.0 Å². The van der Waals surface area contributed by atoms with Crippen molar-refractivity contribution in [2.24, 2.45) is 7.05 Å². The van der Waals surface area contributed by atoms with Gasteiger partial charge in [0.25, 0.3) is 11.1 Å². The number of rotatable bonds is 4. The third-order valence-electron chi connectivity index (χ3n) is 9.95. The predicted molar refractivity (Wildman–Crippen MR) is 208 cm³/mol. The van der Waals surface area contributed by atoms with Gasteiger partial charge in [-0.3, -0.25) is 18.4 Å². The minimum atomic E-state index is -0.0869. The molecular formula is C39H38N12O2. The molecule has 8 aromatic heterocycles. The Kier molecular flexibility index (Phi) is 8.37. The quantitative estimate of drug-likeness (QED) is 0.249. The average molecular weight is 707 g/mol. The standard InChI is InChI=1S/C20H20N6O.C19H18N6O/c1-24-7-4-14-10-15(12-22-20(14)24)17-11-19(27)26-13-16(2-3-18(26)23-17)25-8-5-21-6-9-25;26-18-10-16(14-9-13-3-4-21-19(13)22-11-14)23-17-2-1-15(12-25(17)18)24-7-5-20-6-8-24/h2-4,7,10-13,21H,5-6,8-9H2,1H3;1-4,9-12,20H,5-8H2,(H,21,22). The second kappa shape index (κ2) is 13.6. The van der Waals surface area contributed by atoms with Gasteiger partial charge >= 0.3 is 0 Å². The summed E-state index contributed by atoms with van der Waals surface area (Å²) in [5.74, 6) is 0. The zero-order valence-electron chi connectivity index (χ0n) is 29.2. The fourth-order valence-corrected chi connectivity index (χ4v) is 7.07. The molecule has 0 amide bonds. The summed E-state index contributed by atoms with van der Waals surface area (Å²) in [4.78, 5) is 51.3. The van der Waals surface area contributed by atoms with Gasteiger partial charge in [0.1, 0.15) is 22.6 Å². The SMILES string of the molecule is Cn1ccc2cc(-c3cc(=O)n4cc(N5CCNCC5)ccc4n3)cnc21.O=c1cc(-c2cnc3[nH]ccc3c2)nc2ccc(N3CCNCC3)cn12. The number of aromatic amines is 1. The number of pyridine rings is 4. The summed E-state index contributed by atoms with van der Waals surface area (Å²) in [7, 11) is 1.96. The number of anilines is 2. The molecule has 0 bridgehead atoms. The van der Waals surface area contributed by atoms with Gasteiger partial charge in [-0.05, 0) is 48.5 Å². The second-order valence-electron chi connectivity index (χ2n) is 13.4. The van der Waals surface area contributed by atoms with Crippen LogP contribution in [0.1, 0.15) is 0 Å². The van der Waals surface area contributed by atoms with E-state index in [9.17, 15) is 9.59 Å². The fraction of sp³-hybridized carbons (Fsp3) is 0.231. The van der Waals surface area contributed by atoms with Crippen molar-refractivity contribution in [2.45, 2.75) is 0 Å². The molecule has 8 aromatic rings. The van der Waals surface area contributed by atoms with E-state index >= 15 is 0 Å². The zero-order chi connectivity index (χ0) is 35.9. The highest BCUT2D eigenvalue weighted by Gasteiger charge is 2.15. The topological polar surface area (TPSA) is 146 Å². The van der Waals surface area contributed by atoms with E-state index in [1.54, 1.807) is 33.3 Å². The first kappa shape index (κ1) is 32.5. The van der Waals surface area contributed by atoms with Crippen molar-refractivity contribution in [1.29, 1.82) is 0 Å².